The zero-order valence-electron chi connectivity index (χ0n) is 14.0. The van der Waals surface area contributed by atoms with Gasteiger partial charge >= 0.3 is 6.18 Å². The minimum Gasteiger partial charge on any atom is -0.325 e. The predicted molar refractivity (Wildman–Crippen MR) is 98.1 cm³/mol. The van der Waals surface area contributed by atoms with Crippen LogP contribution in [0.4, 0.5) is 18.9 Å². The Hall–Kier alpha value is -2.77. The van der Waals surface area contributed by atoms with Crippen molar-refractivity contribution in [2.75, 3.05) is 11.1 Å². The summed E-state index contributed by atoms with van der Waals surface area (Å²) < 4.78 is 40.0. The summed E-state index contributed by atoms with van der Waals surface area (Å²) in [6, 6.07) is 9.58. The van der Waals surface area contributed by atoms with Crippen molar-refractivity contribution in [3.8, 4) is 6.07 Å². The van der Waals surface area contributed by atoms with E-state index >= 15 is 0 Å². The molecule has 1 N–H and O–H groups in total. The molecule has 0 unspecified atom stereocenters. The Balaban J connectivity index is 1.70. The number of fused-ring (bicyclic) bond motifs is 1. The highest BCUT2D eigenvalue weighted by molar-refractivity contribution is 7.99. The van der Waals surface area contributed by atoms with Crippen LogP contribution in [0.15, 0.2) is 41.7 Å². The number of nitriles is 1. The number of alkyl halides is 3. The van der Waals surface area contributed by atoms with Crippen LogP contribution < -0.4 is 5.32 Å². The van der Waals surface area contributed by atoms with Gasteiger partial charge in [0.05, 0.1) is 28.8 Å². The van der Waals surface area contributed by atoms with Crippen LogP contribution >= 0.6 is 23.4 Å². The third kappa shape index (κ3) is 4.55. The molecule has 0 bridgehead atoms. The van der Waals surface area contributed by atoms with Crippen molar-refractivity contribution in [3.63, 3.8) is 0 Å². The molecular weight excluding hydrogens is 415 g/mol. The third-order valence-electron chi connectivity index (χ3n) is 3.61. The first-order chi connectivity index (χ1) is 13.3. The van der Waals surface area contributed by atoms with Gasteiger partial charge in [0.2, 0.25) is 5.91 Å². The number of nitrogens with one attached hydrogen (secondary N) is 1. The summed E-state index contributed by atoms with van der Waals surface area (Å²) in [4.78, 5) is 12.1. The lowest BCUT2D eigenvalue weighted by molar-refractivity contribution is -0.137. The molecule has 1 aromatic carbocycles. The maximum Gasteiger partial charge on any atom is 0.417 e. The number of halogens is 4. The number of nitrogens with zero attached hydrogens (tertiary/aromatic N) is 4. The fraction of sp³-hybridized carbons (Fsp3) is 0.176. The predicted octanol–water partition coefficient (Wildman–Crippen LogP) is 4.20. The fourth-order valence-electron chi connectivity index (χ4n) is 2.31. The molecule has 0 spiro atoms. The molecule has 11 heteroatoms. The van der Waals surface area contributed by atoms with E-state index in [9.17, 15) is 18.0 Å². The molecule has 0 aliphatic carbocycles. The van der Waals surface area contributed by atoms with Crippen molar-refractivity contribution < 1.29 is 18.0 Å². The quantitative estimate of drug-likeness (QED) is 0.619. The molecule has 2 aromatic heterocycles. The Bertz CT molecular complexity index is 1060. The Morgan fingerprint density at radius 1 is 1.29 bits per heavy atom. The summed E-state index contributed by atoms with van der Waals surface area (Å²) in [5.74, 6) is -0.456. The average molecular weight is 426 g/mol. The number of aromatic nitrogens is 3. The lowest BCUT2D eigenvalue weighted by Gasteiger charge is -2.09. The van der Waals surface area contributed by atoms with Gasteiger partial charge in [0, 0.05) is 11.9 Å². The van der Waals surface area contributed by atoms with E-state index in [4.69, 9.17) is 16.9 Å². The van der Waals surface area contributed by atoms with Crippen LogP contribution in [0, 0.1) is 11.3 Å². The van der Waals surface area contributed by atoms with Gasteiger partial charge < -0.3 is 5.32 Å². The van der Waals surface area contributed by atoms with Crippen molar-refractivity contribution in [3.05, 3.63) is 52.7 Å². The van der Waals surface area contributed by atoms with Crippen molar-refractivity contribution in [2.45, 2.75) is 17.8 Å². The van der Waals surface area contributed by atoms with Crippen LogP contribution in [-0.4, -0.2) is 26.3 Å². The number of carbonyl (C=O) groups is 1. The van der Waals surface area contributed by atoms with E-state index in [-0.39, 0.29) is 33.9 Å². The van der Waals surface area contributed by atoms with E-state index in [2.05, 4.69) is 15.5 Å². The summed E-state index contributed by atoms with van der Waals surface area (Å²) >= 11 is 6.79. The van der Waals surface area contributed by atoms with E-state index in [1.54, 1.807) is 24.3 Å². The fourth-order valence-corrected chi connectivity index (χ4v) is 3.27. The minimum atomic E-state index is -4.57. The molecule has 0 atom stereocenters. The number of hydrogen-bond donors (Lipinski definition) is 1. The lowest BCUT2D eigenvalue weighted by Crippen LogP contribution is -2.14. The number of hydrogen-bond acceptors (Lipinski definition) is 5. The molecule has 0 saturated heterocycles. The van der Waals surface area contributed by atoms with Gasteiger partial charge in [0.1, 0.15) is 0 Å². The molecule has 0 aliphatic heterocycles. The van der Waals surface area contributed by atoms with Gasteiger partial charge in [-0.25, -0.2) is 0 Å². The molecule has 144 valence electrons. The highest BCUT2D eigenvalue weighted by atomic mass is 35.5. The van der Waals surface area contributed by atoms with E-state index in [1.807, 2.05) is 6.07 Å². The van der Waals surface area contributed by atoms with Gasteiger partial charge in [-0.05, 0) is 23.8 Å². The summed E-state index contributed by atoms with van der Waals surface area (Å²) in [7, 11) is 0. The van der Waals surface area contributed by atoms with E-state index in [1.165, 1.54) is 0 Å². The van der Waals surface area contributed by atoms with Crippen LogP contribution in [0.2, 0.25) is 5.02 Å². The number of benzene rings is 1. The molecule has 28 heavy (non-hydrogen) atoms. The third-order valence-corrected chi connectivity index (χ3v) is 4.83. The first-order valence-corrected chi connectivity index (χ1v) is 9.14. The van der Waals surface area contributed by atoms with Crippen molar-refractivity contribution in [2.24, 2.45) is 0 Å². The van der Waals surface area contributed by atoms with Crippen molar-refractivity contribution in [1.82, 2.24) is 14.6 Å². The van der Waals surface area contributed by atoms with Gasteiger partial charge in [-0.2, -0.15) is 18.4 Å². The van der Waals surface area contributed by atoms with E-state index in [0.29, 0.717) is 5.69 Å². The van der Waals surface area contributed by atoms with Crippen LogP contribution in [0.1, 0.15) is 11.1 Å². The van der Waals surface area contributed by atoms with E-state index < -0.39 is 11.7 Å². The smallest absolute Gasteiger partial charge is 0.325 e. The van der Waals surface area contributed by atoms with Gasteiger partial charge in [0.15, 0.2) is 10.8 Å². The van der Waals surface area contributed by atoms with Gasteiger partial charge in [-0.1, -0.05) is 35.5 Å². The normalized spacial score (nSPS) is 11.4. The van der Waals surface area contributed by atoms with Crippen molar-refractivity contribution in [1.29, 1.82) is 5.26 Å². The molecular formula is C17H11ClF3N5OS. The summed E-state index contributed by atoms with van der Waals surface area (Å²) in [5, 5.41) is 18.8. The lowest BCUT2D eigenvalue weighted by atomic mass is 10.1. The Labute approximate surface area is 166 Å². The maximum absolute atomic E-state index is 13.0. The van der Waals surface area contributed by atoms with Crippen LogP contribution in [-0.2, 0) is 17.4 Å². The summed E-state index contributed by atoms with van der Waals surface area (Å²) in [6.45, 7) is 0. The second-order valence-corrected chi connectivity index (χ2v) is 6.97. The highest BCUT2D eigenvalue weighted by Gasteiger charge is 2.32. The molecule has 1 amide bonds. The first kappa shape index (κ1) is 20.0. The SMILES string of the molecule is N#CCc1ccc(NC(=O)CSc2nnc3c(Cl)cc(C(F)(F)F)cn23)cc1. The van der Waals surface area contributed by atoms with Gasteiger partial charge in [-0.3, -0.25) is 9.20 Å². The van der Waals surface area contributed by atoms with E-state index in [0.717, 1.165) is 34.0 Å². The number of anilines is 1. The Morgan fingerprint density at radius 3 is 2.64 bits per heavy atom. The number of rotatable bonds is 5. The Kier molecular flexibility index (Phi) is 5.76. The number of carbonyl (C=O) groups excluding carboxylic acids is 1. The van der Waals surface area contributed by atoms with Gasteiger partial charge in [-0.15, -0.1) is 10.2 Å². The second-order valence-electron chi connectivity index (χ2n) is 5.62. The molecule has 0 fully saturated rings. The zero-order valence-corrected chi connectivity index (χ0v) is 15.6. The molecule has 6 nitrogen and oxygen atoms in total. The molecule has 3 aromatic rings. The molecule has 0 aliphatic rings. The minimum absolute atomic E-state index is 0.0747. The maximum atomic E-state index is 13.0. The largest absolute Gasteiger partial charge is 0.417 e. The second kappa shape index (κ2) is 8.08. The van der Waals surface area contributed by atoms with Gasteiger partial charge in [0.25, 0.3) is 0 Å². The molecule has 0 radical (unpaired) electrons. The highest BCUT2D eigenvalue weighted by Crippen LogP contribution is 2.33. The molecule has 0 saturated carbocycles. The summed E-state index contributed by atoms with van der Waals surface area (Å²) in [5.41, 5.74) is 0.502. The summed E-state index contributed by atoms with van der Waals surface area (Å²) in [6.07, 6.45) is -3.46. The van der Waals surface area contributed by atoms with Crippen LogP contribution in [0.3, 0.4) is 0 Å². The Morgan fingerprint density at radius 2 is 2.00 bits per heavy atom. The molecule has 2 heterocycles. The topological polar surface area (TPSA) is 83.1 Å². The molecule has 3 rings (SSSR count). The number of thioether (sulfide) groups is 1. The first-order valence-electron chi connectivity index (χ1n) is 7.78. The zero-order chi connectivity index (χ0) is 20.3. The number of pyridine rings is 1. The van der Waals surface area contributed by atoms with Crippen molar-refractivity contribution >= 4 is 40.6 Å². The standard InChI is InChI=1S/C17H11ClF3N5OS/c18-13-7-11(17(19,20)21)8-26-15(13)24-25-16(26)28-9-14(27)23-12-3-1-10(2-4-12)5-6-22/h1-4,7-8H,5,9H2,(H,23,27). The average Bonchev–Trinajstić information content (AvgIpc) is 3.05. The number of amides is 1. The monoisotopic (exact) mass is 425 g/mol. The van der Waals surface area contributed by atoms with Crippen LogP contribution in [0.5, 0.6) is 0 Å². The van der Waals surface area contributed by atoms with Crippen LogP contribution in [0.25, 0.3) is 5.65 Å².